The summed E-state index contributed by atoms with van der Waals surface area (Å²) < 4.78 is 0. The minimum atomic E-state index is -0.696. The number of nitrogens with zero attached hydrogens (tertiary/aromatic N) is 2. The Bertz CT molecular complexity index is 518. The summed E-state index contributed by atoms with van der Waals surface area (Å²) in [5, 5.41) is 13.4. The number of rotatable bonds is 5. The van der Waals surface area contributed by atoms with Crippen LogP contribution in [-0.4, -0.2) is 22.8 Å². The van der Waals surface area contributed by atoms with Crippen LogP contribution in [0, 0.1) is 11.3 Å². The standard InChI is InChI=1S/C13H14N4S/c1-15-13(9-14,11-5-3-2-4-6-11)10-18-12-16-7-8-17-12/h2-8,15H,10H2,1H3,(H,16,17). The van der Waals surface area contributed by atoms with Gasteiger partial charge in [0, 0.05) is 18.1 Å². The molecule has 1 atom stereocenters. The number of thioether (sulfide) groups is 1. The molecule has 4 nitrogen and oxygen atoms in total. The Labute approximate surface area is 110 Å². The van der Waals surface area contributed by atoms with Gasteiger partial charge in [0.15, 0.2) is 5.16 Å². The minimum Gasteiger partial charge on any atom is -0.340 e. The second kappa shape index (κ2) is 5.71. The summed E-state index contributed by atoms with van der Waals surface area (Å²) in [6, 6.07) is 12.1. The number of nitriles is 1. The van der Waals surface area contributed by atoms with Crippen molar-refractivity contribution >= 4 is 11.8 Å². The largest absolute Gasteiger partial charge is 0.340 e. The molecule has 1 aromatic carbocycles. The highest BCUT2D eigenvalue weighted by molar-refractivity contribution is 7.99. The molecule has 18 heavy (non-hydrogen) atoms. The summed E-state index contributed by atoms with van der Waals surface area (Å²) in [6.07, 6.45) is 3.48. The fraction of sp³-hybridized carbons (Fsp3) is 0.231. The monoisotopic (exact) mass is 258 g/mol. The van der Waals surface area contributed by atoms with Gasteiger partial charge in [-0.15, -0.1) is 0 Å². The van der Waals surface area contributed by atoms with E-state index in [4.69, 9.17) is 0 Å². The van der Waals surface area contributed by atoms with Crippen molar-refractivity contribution in [2.45, 2.75) is 10.7 Å². The van der Waals surface area contributed by atoms with Gasteiger partial charge in [-0.25, -0.2) is 4.98 Å². The average molecular weight is 258 g/mol. The predicted octanol–water partition coefficient (Wildman–Crippen LogP) is 2.14. The van der Waals surface area contributed by atoms with E-state index in [1.165, 1.54) is 11.8 Å². The Morgan fingerprint density at radius 1 is 1.44 bits per heavy atom. The van der Waals surface area contributed by atoms with Gasteiger partial charge in [-0.3, -0.25) is 5.32 Å². The molecule has 0 saturated heterocycles. The number of nitrogens with one attached hydrogen (secondary N) is 2. The summed E-state index contributed by atoms with van der Waals surface area (Å²) in [5.74, 6) is 0.595. The lowest BCUT2D eigenvalue weighted by Gasteiger charge is -2.25. The molecule has 2 rings (SSSR count). The zero-order chi connectivity index (χ0) is 12.8. The van der Waals surface area contributed by atoms with Gasteiger partial charge in [0.1, 0.15) is 5.54 Å². The van der Waals surface area contributed by atoms with Crippen molar-refractivity contribution in [3.05, 3.63) is 48.3 Å². The number of aromatic nitrogens is 2. The van der Waals surface area contributed by atoms with E-state index in [1.807, 2.05) is 30.3 Å². The number of benzene rings is 1. The van der Waals surface area contributed by atoms with Gasteiger partial charge in [-0.1, -0.05) is 42.1 Å². The van der Waals surface area contributed by atoms with Crippen molar-refractivity contribution in [1.82, 2.24) is 15.3 Å². The number of hydrogen-bond acceptors (Lipinski definition) is 4. The average Bonchev–Trinajstić information content (AvgIpc) is 2.95. The van der Waals surface area contributed by atoms with Gasteiger partial charge >= 0.3 is 0 Å². The number of imidazole rings is 1. The van der Waals surface area contributed by atoms with Gasteiger partial charge in [0.2, 0.25) is 0 Å². The quantitative estimate of drug-likeness (QED) is 0.806. The number of aromatic amines is 1. The van der Waals surface area contributed by atoms with E-state index in [0.29, 0.717) is 5.75 Å². The van der Waals surface area contributed by atoms with Crippen LogP contribution >= 0.6 is 11.8 Å². The first-order chi connectivity index (χ1) is 8.80. The van der Waals surface area contributed by atoms with Crippen LogP contribution in [0.3, 0.4) is 0 Å². The van der Waals surface area contributed by atoms with Gasteiger partial charge in [-0.05, 0) is 12.6 Å². The number of H-pyrrole nitrogens is 1. The van der Waals surface area contributed by atoms with Gasteiger partial charge in [0.25, 0.3) is 0 Å². The molecule has 2 aromatic rings. The molecule has 0 aliphatic heterocycles. The van der Waals surface area contributed by atoms with E-state index in [9.17, 15) is 5.26 Å². The molecule has 0 amide bonds. The SMILES string of the molecule is CNC(C#N)(CSc1ncc[nH]1)c1ccccc1. The van der Waals surface area contributed by atoms with Crippen molar-refractivity contribution < 1.29 is 0 Å². The van der Waals surface area contributed by atoms with Crippen LogP contribution in [-0.2, 0) is 5.54 Å². The van der Waals surface area contributed by atoms with Crippen LogP contribution in [0.5, 0.6) is 0 Å². The van der Waals surface area contributed by atoms with Crippen LogP contribution in [0.4, 0.5) is 0 Å². The first-order valence-corrected chi connectivity index (χ1v) is 6.57. The molecule has 1 aromatic heterocycles. The Balaban J connectivity index is 2.20. The van der Waals surface area contributed by atoms with Gasteiger partial charge in [-0.2, -0.15) is 5.26 Å². The fourth-order valence-corrected chi connectivity index (χ4v) is 2.70. The van der Waals surface area contributed by atoms with Gasteiger partial charge in [0.05, 0.1) is 6.07 Å². The zero-order valence-corrected chi connectivity index (χ0v) is 10.9. The van der Waals surface area contributed by atoms with Gasteiger partial charge < -0.3 is 4.98 Å². The maximum atomic E-state index is 9.50. The molecular weight excluding hydrogens is 244 g/mol. The van der Waals surface area contributed by atoms with E-state index in [-0.39, 0.29) is 0 Å². The molecule has 5 heteroatoms. The molecule has 1 unspecified atom stereocenters. The molecule has 1 heterocycles. The molecule has 0 saturated carbocycles. The smallest absolute Gasteiger partial charge is 0.165 e. The number of hydrogen-bond donors (Lipinski definition) is 2. The summed E-state index contributed by atoms with van der Waals surface area (Å²) in [4.78, 5) is 7.18. The molecular formula is C13H14N4S. The molecule has 2 N–H and O–H groups in total. The van der Waals surface area contributed by atoms with Crippen LogP contribution in [0.1, 0.15) is 5.56 Å². The van der Waals surface area contributed by atoms with Crippen LogP contribution in [0.2, 0.25) is 0 Å². The second-order valence-electron chi connectivity index (χ2n) is 3.82. The third-order valence-corrected chi connectivity index (χ3v) is 3.86. The second-order valence-corrected chi connectivity index (χ2v) is 4.78. The van der Waals surface area contributed by atoms with Crippen molar-refractivity contribution in [2.75, 3.05) is 12.8 Å². The lowest BCUT2D eigenvalue weighted by Crippen LogP contribution is -2.41. The summed E-state index contributed by atoms with van der Waals surface area (Å²) in [5.41, 5.74) is 0.271. The van der Waals surface area contributed by atoms with E-state index >= 15 is 0 Å². The maximum Gasteiger partial charge on any atom is 0.165 e. The summed E-state index contributed by atoms with van der Waals surface area (Å²) in [6.45, 7) is 0. The highest BCUT2D eigenvalue weighted by Crippen LogP contribution is 2.27. The third-order valence-electron chi connectivity index (χ3n) is 2.78. The zero-order valence-electron chi connectivity index (χ0n) is 10.1. The van der Waals surface area contributed by atoms with E-state index in [2.05, 4.69) is 21.4 Å². The lowest BCUT2D eigenvalue weighted by atomic mass is 9.94. The first kappa shape index (κ1) is 12.7. The summed E-state index contributed by atoms with van der Waals surface area (Å²) in [7, 11) is 1.80. The van der Waals surface area contributed by atoms with Crippen LogP contribution in [0.25, 0.3) is 0 Å². The molecule has 92 valence electrons. The van der Waals surface area contributed by atoms with E-state index in [1.54, 1.807) is 19.4 Å². The molecule has 0 radical (unpaired) electrons. The summed E-state index contributed by atoms with van der Waals surface area (Å²) >= 11 is 1.53. The molecule has 0 aliphatic carbocycles. The normalized spacial score (nSPS) is 13.8. The topological polar surface area (TPSA) is 64.5 Å². The van der Waals surface area contributed by atoms with Crippen molar-refractivity contribution in [2.24, 2.45) is 0 Å². The molecule has 0 bridgehead atoms. The third kappa shape index (κ3) is 2.55. The Morgan fingerprint density at radius 2 is 2.22 bits per heavy atom. The predicted molar refractivity (Wildman–Crippen MR) is 72.1 cm³/mol. The van der Waals surface area contributed by atoms with Crippen LogP contribution < -0.4 is 5.32 Å². The molecule has 0 spiro atoms. The Kier molecular flexibility index (Phi) is 4.03. The highest BCUT2D eigenvalue weighted by atomic mass is 32.2. The fourth-order valence-electron chi connectivity index (χ4n) is 1.68. The van der Waals surface area contributed by atoms with Crippen LogP contribution in [0.15, 0.2) is 47.9 Å². The first-order valence-electron chi connectivity index (χ1n) is 5.58. The molecule has 0 aliphatic rings. The van der Waals surface area contributed by atoms with E-state index < -0.39 is 5.54 Å². The lowest BCUT2D eigenvalue weighted by molar-refractivity contribution is 0.527. The highest BCUT2D eigenvalue weighted by Gasteiger charge is 2.30. The maximum absolute atomic E-state index is 9.50. The van der Waals surface area contributed by atoms with Crippen molar-refractivity contribution in [3.8, 4) is 6.07 Å². The van der Waals surface area contributed by atoms with E-state index in [0.717, 1.165) is 10.7 Å². The molecule has 0 fully saturated rings. The van der Waals surface area contributed by atoms with Crippen molar-refractivity contribution in [1.29, 1.82) is 5.26 Å². The minimum absolute atomic E-state index is 0.595. The Hall–Kier alpha value is -1.77. The Morgan fingerprint density at radius 3 is 2.78 bits per heavy atom. The van der Waals surface area contributed by atoms with Crippen molar-refractivity contribution in [3.63, 3.8) is 0 Å².